The number of likely N-dealkylation sites (N-methyl/N-ethyl adjacent to an activating group) is 1. The maximum Gasteiger partial charge on any atom is 0.276 e. The fraction of sp³-hybridized carbons (Fsp3) is 0.250. The van der Waals surface area contributed by atoms with Crippen LogP contribution in [-0.4, -0.2) is 36.2 Å². The molecule has 1 heterocycles. The number of rotatable bonds is 6. The number of methoxy groups -OCH3 is 1. The number of nitrogens with zero attached hydrogens (tertiary/aromatic N) is 1. The summed E-state index contributed by atoms with van der Waals surface area (Å²) in [5.74, 6) is 1.14. The monoisotopic (exact) mass is 444 g/mol. The van der Waals surface area contributed by atoms with Gasteiger partial charge in [0.05, 0.1) is 10.7 Å². The second-order valence-electron chi connectivity index (χ2n) is 4.67. The molecule has 0 bridgehead atoms. The molecule has 0 spiro atoms. The van der Waals surface area contributed by atoms with Crippen LogP contribution in [0.2, 0.25) is 0 Å². The molecule has 0 aromatic heterocycles. The highest BCUT2D eigenvalue weighted by molar-refractivity contribution is 14.1. The minimum Gasteiger partial charge on any atom is -0.493 e. The molecule has 1 aliphatic heterocycles. The lowest BCUT2D eigenvalue weighted by atomic mass is 10.1. The molecular formula is C16H17IN2O3S. The van der Waals surface area contributed by atoms with Gasteiger partial charge >= 0.3 is 0 Å². The maximum absolute atomic E-state index is 12.2. The van der Waals surface area contributed by atoms with Crippen LogP contribution in [0.1, 0.15) is 12.5 Å². The predicted molar refractivity (Wildman–Crippen MR) is 103 cm³/mol. The average Bonchev–Trinajstić information content (AvgIpc) is 2.79. The van der Waals surface area contributed by atoms with Crippen LogP contribution in [0.4, 0.5) is 0 Å². The molecule has 0 atom stereocenters. The van der Waals surface area contributed by atoms with Gasteiger partial charge in [-0.3, -0.25) is 9.69 Å². The predicted octanol–water partition coefficient (Wildman–Crippen LogP) is 2.94. The molecule has 0 unspecified atom stereocenters. The molecule has 1 aromatic carbocycles. The summed E-state index contributed by atoms with van der Waals surface area (Å²) < 4.78 is 11.9. The van der Waals surface area contributed by atoms with Gasteiger partial charge in [0.1, 0.15) is 12.3 Å². The summed E-state index contributed by atoms with van der Waals surface area (Å²) in [6, 6.07) is 3.74. The quantitative estimate of drug-likeness (QED) is 0.317. The average molecular weight is 444 g/mol. The molecule has 0 saturated carbocycles. The Balaban J connectivity index is 2.36. The molecule has 1 aromatic rings. The van der Waals surface area contributed by atoms with E-state index in [9.17, 15) is 4.79 Å². The van der Waals surface area contributed by atoms with Crippen LogP contribution >= 0.6 is 34.8 Å². The summed E-state index contributed by atoms with van der Waals surface area (Å²) in [7, 11) is 1.58. The summed E-state index contributed by atoms with van der Waals surface area (Å²) in [5.41, 5.74) is 1.28. The van der Waals surface area contributed by atoms with E-state index in [-0.39, 0.29) is 5.91 Å². The zero-order chi connectivity index (χ0) is 17.0. The number of hydrogen-bond donors (Lipinski definition) is 1. The Labute approximate surface area is 154 Å². The lowest BCUT2D eigenvalue weighted by Gasteiger charge is -2.12. The molecule has 23 heavy (non-hydrogen) atoms. The lowest BCUT2D eigenvalue weighted by Crippen LogP contribution is -2.30. The van der Waals surface area contributed by atoms with E-state index in [0.29, 0.717) is 35.5 Å². The third-order valence-corrected chi connectivity index (χ3v) is 4.31. The van der Waals surface area contributed by atoms with Crippen LogP contribution in [0, 0.1) is 3.57 Å². The van der Waals surface area contributed by atoms with Crippen LogP contribution in [-0.2, 0) is 4.79 Å². The highest BCUT2D eigenvalue weighted by atomic mass is 127. The number of carbonyl (C=O) groups excluding carboxylic acids is 1. The van der Waals surface area contributed by atoms with Crippen molar-refractivity contribution in [2.75, 3.05) is 20.3 Å². The van der Waals surface area contributed by atoms with Gasteiger partial charge in [0.15, 0.2) is 16.6 Å². The number of benzene rings is 1. The molecular weight excluding hydrogens is 427 g/mol. The van der Waals surface area contributed by atoms with E-state index in [1.165, 1.54) is 4.90 Å². The van der Waals surface area contributed by atoms with Gasteiger partial charge in [-0.05, 0) is 65.5 Å². The normalized spacial score (nSPS) is 15.8. The number of nitrogens with one attached hydrogen (secondary N) is 1. The Morgan fingerprint density at radius 1 is 1.48 bits per heavy atom. The summed E-state index contributed by atoms with van der Waals surface area (Å²) in [5, 5.41) is 3.37. The summed E-state index contributed by atoms with van der Waals surface area (Å²) >= 11 is 7.32. The van der Waals surface area contributed by atoms with Crippen molar-refractivity contribution in [3.8, 4) is 11.5 Å². The second kappa shape index (κ2) is 7.78. The summed E-state index contributed by atoms with van der Waals surface area (Å²) in [4.78, 5) is 13.8. The largest absolute Gasteiger partial charge is 0.493 e. The maximum atomic E-state index is 12.2. The number of ether oxygens (including phenoxy) is 2. The topological polar surface area (TPSA) is 50.8 Å². The zero-order valence-corrected chi connectivity index (χ0v) is 15.9. The third kappa shape index (κ3) is 3.84. The smallest absolute Gasteiger partial charge is 0.276 e. The zero-order valence-electron chi connectivity index (χ0n) is 12.9. The number of hydrogen-bond acceptors (Lipinski definition) is 4. The van der Waals surface area contributed by atoms with Crippen molar-refractivity contribution in [1.29, 1.82) is 0 Å². The van der Waals surface area contributed by atoms with Crippen molar-refractivity contribution in [2.24, 2.45) is 0 Å². The third-order valence-electron chi connectivity index (χ3n) is 3.19. The van der Waals surface area contributed by atoms with Crippen molar-refractivity contribution >= 4 is 51.9 Å². The molecule has 1 amide bonds. The number of thiocarbonyl (C=S) groups is 1. The standard InChI is InChI=1S/C16H17IN2O3S/c1-4-6-22-14-11(17)7-10(9-13(14)21-3)8-12-15(20)19(5-2)16(23)18-12/h4,7-9H,1,5-6H2,2-3H3,(H,18,23)/b12-8-. The van der Waals surface area contributed by atoms with E-state index in [4.69, 9.17) is 21.7 Å². The Bertz CT molecular complexity index is 688. The van der Waals surface area contributed by atoms with Crippen LogP contribution < -0.4 is 14.8 Å². The van der Waals surface area contributed by atoms with Gasteiger partial charge in [-0.15, -0.1) is 0 Å². The van der Waals surface area contributed by atoms with Gasteiger partial charge in [0.25, 0.3) is 5.91 Å². The molecule has 1 fully saturated rings. The van der Waals surface area contributed by atoms with E-state index in [2.05, 4.69) is 34.5 Å². The van der Waals surface area contributed by atoms with Gasteiger partial charge in [-0.1, -0.05) is 12.7 Å². The molecule has 1 aliphatic rings. The molecule has 2 rings (SSSR count). The second-order valence-corrected chi connectivity index (χ2v) is 6.22. The van der Waals surface area contributed by atoms with Crippen molar-refractivity contribution < 1.29 is 14.3 Å². The van der Waals surface area contributed by atoms with E-state index in [0.717, 1.165) is 9.13 Å². The molecule has 0 aliphatic carbocycles. The van der Waals surface area contributed by atoms with Gasteiger partial charge in [-0.25, -0.2) is 0 Å². The molecule has 7 heteroatoms. The minimum absolute atomic E-state index is 0.126. The molecule has 0 radical (unpaired) electrons. The Morgan fingerprint density at radius 2 is 2.22 bits per heavy atom. The van der Waals surface area contributed by atoms with Crippen LogP contribution in [0.25, 0.3) is 6.08 Å². The van der Waals surface area contributed by atoms with E-state index < -0.39 is 0 Å². The van der Waals surface area contributed by atoms with Crippen molar-refractivity contribution in [3.05, 3.63) is 39.6 Å². The summed E-state index contributed by atoms with van der Waals surface area (Å²) in [6.45, 7) is 6.45. The number of carbonyl (C=O) groups is 1. The number of amides is 1. The van der Waals surface area contributed by atoms with Crippen LogP contribution in [0.15, 0.2) is 30.5 Å². The minimum atomic E-state index is -0.126. The Hall–Kier alpha value is -1.61. The summed E-state index contributed by atoms with van der Waals surface area (Å²) in [6.07, 6.45) is 3.43. The fourth-order valence-corrected chi connectivity index (χ4v) is 3.23. The van der Waals surface area contributed by atoms with Crippen LogP contribution in [0.5, 0.6) is 11.5 Å². The van der Waals surface area contributed by atoms with E-state index >= 15 is 0 Å². The van der Waals surface area contributed by atoms with Crippen LogP contribution in [0.3, 0.4) is 0 Å². The highest BCUT2D eigenvalue weighted by Crippen LogP contribution is 2.34. The SMILES string of the molecule is C=CCOc1c(I)cc(/C=C2\NC(=S)N(CC)C2=O)cc1OC. The molecule has 1 N–H and O–H groups in total. The molecule has 122 valence electrons. The van der Waals surface area contributed by atoms with Crippen molar-refractivity contribution in [2.45, 2.75) is 6.92 Å². The van der Waals surface area contributed by atoms with Gasteiger partial charge in [-0.2, -0.15) is 0 Å². The molecule has 1 saturated heterocycles. The number of halogens is 1. The first-order valence-electron chi connectivity index (χ1n) is 6.97. The highest BCUT2D eigenvalue weighted by Gasteiger charge is 2.29. The van der Waals surface area contributed by atoms with E-state index in [1.54, 1.807) is 19.3 Å². The van der Waals surface area contributed by atoms with E-state index in [1.807, 2.05) is 19.1 Å². The van der Waals surface area contributed by atoms with Crippen molar-refractivity contribution in [1.82, 2.24) is 10.2 Å². The first-order valence-corrected chi connectivity index (χ1v) is 8.46. The van der Waals surface area contributed by atoms with Gasteiger partial charge in [0.2, 0.25) is 0 Å². The van der Waals surface area contributed by atoms with Gasteiger partial charge in [0, 0.05) is 6.54 Å². The van der Waals surface area contributed by atoms with Crippen molar-refractivity contribution in [3.63, 3.8) is 0 Å². The lowest BCUT2D eigenvalue weighted by molar-refractivity contribution is -0.122. The Kier molecular flexibility index (Phi) is 6.00. The Morgan fingerprint density at radius 3 is 2.78 bits per heavy atom. The fourth-order valence-electron chi connectivity index (χ4n) is 2.13. The van der Waals surface area contributed by atoms with Gasteiger partial charge < -0.3 is 14.8 Å². The first-order chi connectivity index (χ1) is 11.0. The molecule has 5 nitrogen and oxygen atoms in total. The first kappa shape index (κ1) is 17.7.